The molecule has 6 aliphatic rings. The smallest absolute Gasteiger partial charge is 0.422 e. The predicted octanol–water partition coefficient (Wildman–Crippen LogP) is 4.39. The van der Waals surface area contributed by atoms with Crippen LogP contribution in [0.3, 0.4) is 0 Å². The number of benzene rings is 2. The molecule has 8 nitrogen and oxygen atoms in total. The number of halogens is 3. The largest absolute Gasteiger partial charge is 0.494 e. The molecule has 8 bridgehead atoms. The number of rotatable bonds is 2. The third-order valence-corrected chi connectivity index (χ3v) is 6.69. The molecule has 0 radical (unpaired) electrons. The molecular formula is C28H31F3N6O2. The topological polar surface area (TPSA) is 75.6 Å². The summed E-state index contributed by atoms with van der Waals surface area (Å²) in [5, 5.41) is 3.07. The van der Waals surface area contributed by atoms with Crippen LogP contribution in [0.2, 0.25) is 0 Å². The molecule has 2 aromatic carbocycles. The van der Waals surface area contributed by atoms with Crippen molar-refractivity contribution in [3.05, 3.63) is 77.6 Å². The second-order valence-electron chi connectivity index (χ2n) is 9.61. The van der Waals surface area contributed by atoms with Gasteiger partial charge in [0, 0.05) is 51.4 Å². The Labute approximate surface area is 225 Å². The Morgan fingerprint density at radius 2 is 1.62 bits per heavy atom. The van der Waals surface area contributed by atoms with E-state index in [0.717, 1.165) is 67.3 Å². The molecule has 1 fully saturated rings. The number of aromatic nitrogens is 3. The van der Waals surface area contributed by atoms with Gasteiger partial charge in [0.2, 0.25) is 5.95 Å². The summed E-state index contributed by atoms with van der Waals surface area (Å²) in [5.41, 5.74) is 3.84. The van der Waals surface area contributed by atoms with Gasteiger partial charge in [-0.1, -0.05) is 43.0 Å². The van der Waals surface area contributed by atoms with E-state index in [1.54, 1.807) is 0 Å². The number of nitrogens with zero attached hydrogens (tertiary/aromatic N) is 5. The summed E-state index contributed by atoms with van der Waals surface area (Å²) in [7, 11) is 0. The zero-order chi connectivity index (χ0) is 27.2. The van der Waals surface area contributed by atoms with Gasteiger partial charge in [0.25, 0.3) is 0 Å². The molecule has 206 valence electrons. The highest BCUT2D eigenvalue weighted by molar-refractivity contribution is 5.62. The lowest BCUT2D eigenvalue weighted by molar-refractivity contribution is -0.154. The minimum Gasteiger partial charge on any atom is -0.494 e. The summed E-state index contributed by atoms with van der Waals surface area (Å²) in [6, 6.07) is 15.2. The van der Waals surface area contributed by atoms with E-state index in [4.69, 9.17) is 9.47 Å². The highest BCUT2D eigenvalue weighted by Gasteiger charge is 2.29. The first-order valence-corrected chi connectivity index (χ1v) is 13.0. The van der Waals surface area contributed by atoms with Crippen LogP contribution >= 0.6 is 0 Å². The molecule has 1 N–H and O–H groups in total. The van der Waals surface area contributed by atoms with E-state index in [1.165, 1.54) is 0 Å². The van der Waals surface area contributed by atoms with Crippen LogP contribution in [-0.4, -0.2) is 76.9 Å². The van der Waals surface area contributed by atoms with E-state index >= 15 is 0 Å². The Hall–Kier alpha value is -3.86. The van der Waals surface area contributed by atoms with Crippen LogP contribution in [0, 0.1) is 0 Å². The van der Waals surface area contributed by atoms with E-state index < -0.39 is 12.8 Å². The van der Waals surface area contributed by atoms with Crippen molar-refractivity contribution in [3.8, 4) is 11.8 Å². The van der Waals surface area contributed by atoms with Crippen molar-refractivity contribution in [1.29, 1.82) is 0 Å². The minimum atomic E-state index is -4.51. The van der Waals surface area contributed by atoms with Gasteiger partial charge in [-0.2, -0.15) is 28.1 Å². The first-order chi connectivity index (χ1) is 18.8. The van der Waals surface area contributed by atoms with Gasteiger partial charge < -0.3 is 19.7 Å². The van der Waals surface area contributed by atoms with Gasteiger partial charge in [-0.3, -0.25) is 4.90 Å². The van der Waals surface area contributed by atoms with Crippen LogP contribution in [0.5, 0.6) is 11.8 Å². The average molecular weight is 541 g/mol. The number of hydrogen-bond donors (Lipinski definition) is 1. The van der Waals surface area contributed by atoms with Crippen LogP contribution in [0.15, 0.2) is 55.1 Å². The van der Waals surface area contributed by atoms with Gasteiger partial charge in [-0.15, -0.1) is 0 Å². The standard InChI is InChI=1S/C28H31F3N6O2/c1-20-23-7-3-21(4-8-23)17-25-33-26(35-27(34-25)39-19-28(29,30)31)32-18-22-5-9-24(10-6-22)38-16-2-11-36-12-14-37(20)15-13-36/h3-10H,1-2,11-19H2,(H,32,33,34,35). The maximum Gasteiger partial charge on any atom is 0.422 e. The van der Waals surface area contributed by atoms with Crippen LogP contribution in [0.4, 0.5) is 19.1 Å². The first-order valence-electron chi connectivity index (χ1n) is 13.0. The van der Waals surface area contributed by atoms with E-state index in [0.29, 0.717) is 25.4 Å². The SMILES string of the molecule is C=C1c2ccc(cc2)Cc2nc(nc(OCC(F)(F)F)n2)NCc2ccc(cc2)OCCCN2CCN1CC2. The third kappa shape index (κ3) is 7.60. The summed E-state index contributed by atoms with van der Waals surface area (Å²) in [6.45, 7) is 8.57. The second-order valence-corrected chi connectivity index (χ2v) is 9.61. The third-order valence-electron chi connectivity index (χ3n) is 6.69. The van der Waals surface area contributed by atoms with Crippen molar-refractivity contribution < 1.29 is 22.6 Å². The molecule has 0 saturated carbocycles. The average Bonchev–Trinajstić information content (AvgIpc) is 2.93. The van der Waals surface area contributed by atoms with Gasteiger partial charge in [0.15, 0.2) is 6.61 Å². The van der Waals surface area contributed by atoms with Crippen molar-refractivity contribution in [2.45, 2.75) is 25.6 Å². The highest BCUT2D eigenvalue weighted by Crippen LogP contribution is 2.22. The highest BCUT2D eigenvalue weighted by atomic mass is 19.4. The van der Waals surface area contributed by atoms with Gasteiger partial charge in [0.1, 0.15) is 11.6 Å². The molecular weight excluding hydrogens is 509 g/mol. The molecule has 0 atom stereocenters. The van der Waals surface area contributed by atoms with Crippen LogP contribution in [0.25, 0.3) is 5.70 Å². The number of ether oxygens (including phenoxy) is 2. The van der Waals surface area contributed by atoms with E-state index in [1.807, 2.05) is 48.5 Å². The second kappa shape index (κ2) is 11.9. The molecule has 0 spiro atoms. The van der Waals surface area contributed by atoms with Crippen LogP contribution < -0.4 is 14.8 Å². The molecule has 11 heteroatoms. The molecule has 9 rings (SSSR count). The molecule has 3 aromatic rings. The first kappa shape index (κ1) is 26.7. The fraction of sp³-hybridized carbons (Fsp3) is 0.393. The molecule has 39 heavy (non-hydrogen) atoms. The van der Waals surface area contributed by atoms with Crippen LogP contribution in [0.1, 0.15) is 28.9 Å². The Morgan fingerprint density at radius 3 is 2.33 bits per heavy atom. The summed E-state index contributed by atoms with van der Waals surface area (Å²) >= 11 is 0. The molecule has 0 unspecified atom stereocenters. The Kier molecular flexibility index (Phi) is 8.16. The van der Waals surface area contributed by atoms with Gasteiger partial charge in [0.05, 0.1) is 6.61 Å². The molecule has 1 saturated heterocycles. The predicted molar refractivity (Wildman–Crippen MR) is 142 cm³/mol. The maximum absolute atomic E-state index is 12.8. The van der Waals surface area contributed by atoms with E-state index in [2.05, 4.69) is 36.6 Å². The summed E-state index contributed by atoms with van der Waals surface area (Å²) in [5.74, 6) is 1.22. The number of nitrogens with one attached hydrogen (secondary N) is 1. The normalized spacial score (nSPS) is 17.1. The number of fused-ring (bicyclic) bond motifs is 1. The lowest BCUT2D eigenvalue weighted by Crippen LogP contribution is -2.45. The quantitative estimate of drug-likeness (QED) is 0.513. The summed E-state index contributed by atoms with van der Waals surface area (Å²) in [4.78, 5) is 17.4. The van der Waals surface area contributed by atoms with Crippen molar-refractivity contribution in [1.82, 2.24) is 24.8 Å². The van der Waals surface area contributed by atoms with E-state index in [-0.39, 0.29) is 12.0 Å². The Morgan fingerprint density at radius 1 is 0.897 bits per heavy atom. The lowest BCUT2D eigenvalue weighted by Gasteiger charge is -2.37. The molecule has 0 aliphatic carbocycles. The molecule has 0 amide bonds. The lowest BCUT2D eigenvalue weighted by atomic mass is 10.1. The molecule has 6 aliphatic heterocycles. The van der Waals surface area contributed by atoms with Gasteiger partial charge >= 0.3 is 12.2 Å². The molecule has 1 aromatic heterocycles. The number of piperazine rings is 1. The van der Waals surface area contributed by atoms with Crippen LogP contribution in [-0.2, 0) is 13.0 Å². The monoisotopic (exact) mass is 540 g/mol. The van der Waals surface area contributed by atoms with Gasteiger partial charge in [-0.25, -0.2) is 0 Å². The Bertz CT molecular complexity index is 1260. The maximum atomic E-state index is 12.8. The Balaban J connectivity index is 1.39. The van der Waals surface area contributed by atoms with Crippen molar-refractivity contribution in [3.63, 3.8) is 0 Å². The molecule has 7 heterocycles. The van der Waals surface area contributed by atoms with Crippen molar-refractivity contribution in [2.24, 2.45) is 0 Å². The number of anilines is 1. The zero-order valence-corrected chi connectivity index (χ0v) is 21.6. The fourth-order valence-electron chi connectivity index (χ4n) is 4.55. The summed E-state index contributed by atoms with van der Waals surface area (Å²) in [6.07, 6.45) is -3.27. The zero-order valence-electron chi connectivity index (χ0n) is 21.6. The van der Waals surface area contributed by atoms with Crippen molar-refractivity contribution in [2.75, 3.05) is 51.3 Å². The minimum absolute atomic E-state index is 0.138. The summed E-state index contributed by atoms with van der Waals surface area (Å²) < 4.78 is 49.1. The number of alkyl halides is 3. The van der Waals surface area contributed by atoms with Crippen molar-refractivity contribution >= 4 is 11.6 Å². The van der Waals surface area contributed by atoms with Gasteiger partial charge in [-0.05, 0) is 35.2 Å². The number of hydrogen-bond acceptors (Lipinski definition) is 8. The fourth-order valence-corrected chi connectivity index (χ4v) is 4.55. The van der Waals surface area contributed by atoms with E-state index in [9.17, 15) is 13.2 Å².